The van der Waals surface area contributed by atoms with Crippen LogP contribution in [0.15, 0.2) is 30.9 Å². The van der Waals surface area contributed by atoms with Gasteiger partial charge in [0.15, 0.2) is 0 Å². The van der Waals surface area contributed by atoms with Crippen molar-refractivity contribution in [3.8, 4) is 0 Å². The summed E-state index contributed by atoms with van der Waals surface area (Å²) in [7, 11) is 1.87. The fourth-order valence-corrected chi connectivity index (χ4v) is 1.87. The van der Waals surface area contributed by atoms with Gasteiger partial charge in [-0.05, 0) is 25.6 Å². The summed E-state index contributed by atoms with van der Waals surface area (Å²) >= 11 is 0. The van der Waals surface area contributed by atoms with E-state index in [1.807, 2.05) is 20.0 Å². The molecular weight excluding hydrogens is 214 g/mol. The van der Waals surface area contributed by atoms with Crippen LogP contribution in [0.3, 0.4) is 0 Å². The topological polar surface area (TPSA) is 76.7 Å². The fraction of sp³-hybridized carbons (Fsp3) is 0.250. The molecule has 2 aromatic heterocycles. The summed E-state index contributed by atoms with van der Waals surface area (Å²) in [6.45, 7) is 2.01. The average molecular weight is 229 g/mol. The number of nitrogens with two attached hydrogens (primary N) is 1. The van der Waals surface area contributed by atoms with Crippen molar-refractivity contribution in [3.63, 3.8) is 0 Å². The van der Waals surface area contributed by atoms with E-state index >= 15 is 0 Å². The lowest BCUT2D eigenvalue weighted by Crippen LogP contribution is -2.21. The number of aromatic nitrogens is 3. The van der Waals surface area contributed by atoms with Gasteiger partial charge in [-0.15, -0.1) is 0 Å². The molecule has 2 rings (SSSR count). The number of nitrogens with one attached hydrogen (secondary N) is 1. The van der Waals surface area contributed by atoms with E-state index in [1.165, 1.54) is 0 Å². The van der Waals surface area contributed by atoms with Crippen LogP contribution in [0.4, 0.5) is 5.82 Å². The first-order valence-corrected chi connectivity index (χ1v) is 5.38. The van der Waals surface area contributed by atoms with Gasteiger partial charge in [-0.25, -0.2) is 4.98 Å². The zero-order valence-electron chi connectivity index (χ0n) is 9.88. The Hall–Kier alpha value is -2.01. The van der Waals surface area contributed by atoms with E-state index in [9.17, 15) is 0 Å². The highest BCUT2D eigenvalue weighted by Gasteiger charge is 2.18. The van der Waals surface area contributed by atoms with Gasteiger partial charge >= 0.3 is 0 Å². The standard InChI is InChI=1S/C12H15N5/c1-8-3-4-17-12(13)10(8)11(14-2)9-7-15-5-6-16-9/h3-7,11,14H,1-2H3,(H2,13,17). The zero-order chi connectivity index (χ0) is 12.3. The number of aryl methyl sites for hydroxylation is 1. The van der Waals surface area contributed by atoms with Crippen LogP contribution in [0, 0.1) is 6.92 Å². The molecule has 0 amide bonds. The second-order valence-corrected chi connectivity index (χ2v) is 3.78. The summed E-state index contributed by atoms with van der Waals surface area (Å²) in [6, 6.07) is 1.85. The van der Waals surface area contributed by atoms with Crippen molar-refractivity contribution < 1.29 is 0 Å². The molecule has 2 aromatic rings. The molecule has 0 saturated heterocycles. The zero-order valence-corrected chi connectivity index (χ0v) is 9.88. The lowest BCUT2D eigenvalue weighted by atomic mass is 10.0. The molecule has 5 heteroatoms. The first-order chi connectivity index (χ1) is 8.24. The van der Waals surface area contributed by atoms with E-state index in [0.717, 1.165) is 16.8 Å². The van der Waals surface area contributed by atoms with E-state index in [1.54, 1.807) is 24.8 Å². The number of nitrogen functional groups attached to an aromatic ring is 1. The lowest BCUT2D eigenvalue weighted by Gasteiger charge is -2.19. The van der Waals surface area contributed by atoms with Crippen molar-refractivity contribution >= 4 is 5.82 Å². The number of nitrogens with zero attached hydrogens (tertiary/aromatic N) is 3. The summed E-state index contributed by atoms with van der Waals surface area (Å²) in [5.74, 6) is 0.523. The summed E-state index contributed by atoms with van der Waals surface area (Å²) in [4.78, 5) is 12.5. The second kappa shape index (κ2) is 4.88. The molecule has 0 aliphatic rings. The van der Waals surface area contributed by atoms with Crippen LogP contribution in [0.25, 0.3) is 0 Å². The molecule has 3 N–H and O–H groups in total. The third-order valence-electron chi connectivity index (χ3n) is 2.70. The third-order valence-corrected chi connectivity index (χ3v) is 2.70. The largest absolute Gasteiger partial charge is 0.383 e. The Labute approximate surface area is 100 Å². The van der Waals surface area contributed by atoms with Crippen LogP contribution in [0.2, 0.25) is 0 Å². The van der Waals surface area contributed by atoms with Gasteiger partial charge in [0.25, 0.3) is 0 Å². The summed E-state index contributed by atoms with van der Waals surface area (Å²) in [6.07, 6.45) is 6.75. The highest BCUT2D eigenvalue weighted by molar-refractivity contribution is 5.48. The van der Waals surface area contributed by atoms with Gasteiger partial charge in [0, 0.05) is 24.2 Å². The molecular formula is C12H15N5. The quantitative estimate of drug-likeness (QED) is 0.823. The maximum Gasteiger partial charge on any atom is 0.128 e. The van der Waals surface area contributed by atoms with Crippen LogP contribution in [0.1, 0.15) is 22.9 Å². The van der Waals surface area contributed by atoms with Crippen LogP contribution in [-0.4, -0.2) is 22.0 Å². The normalized spacial score (nSPS) is 12.4. The van der Waals surface area contributed by atoms with Crippen molar-refractivity contribution in [3.05, 3.63) is 47.7 Å². The Morgan fingerprint density at radius 2 is 2.06 bits per heavy atom. The van der Waals surface area contributed by atoms with Gasteiger partial charge in [0.1, 0.15) is 5.82 Å². The van der Waals surface area contributed by atoms with Crippen LogP contribution < -0.4 is 11.1 Å². The SMILES string of the molecule is CNC(c1cnccn1)c1c(C)ccnc1N. The lowest BCUT2D eigenvalue weighted by molar-refractivity contribution is 0.662. The number of hydrogen-bond donors (Lipinski definition) is 2. The third kappa shape index (κ3) is 2.24. The van der Waals surface area contributed by atoms with Gasteiger partial charge < -0.3 is 11.1 Å². The van der Waals surface area contributed by atoms with Crippen LogP contribution >= 0.6 is 0 Å². The molecule has 0 aliphatic carbocycles. The van der Waals surface area contributed by atoms with Crippen molar-refractivity contribution in [2.45, 2.75) is 13.0 Å². The maximum atomic E-state index is 5.94. The van der Waals surface area contributed by atoms with Crippen molar-refractivity contribution in [1.82, 2.24) is 20.3 Å². The molecule has 0 spiro atoms. The minimum absolute atomic E-state index is 0.0857. The Bertz CT molecular complexity index is 477. The van der Waals surface area contributed by atoms with Gasteiger partial charge in [0.05, 0.1) is 17.9 Å². The minimum Gasteiger partial charge on any atom is -0.383 e. The molecule has 88 valence electrons. The molecule has 0 bridgehead atoms. The molecule has 1 atom stereocenters. The number of pyridine rings is 1. The number of rotatable bonds is 3. The Kier molecular flexibility index (Phi) is 3.30. The smallest absolute Gasteiger partial charge is 0.128 e. The Morgan fingerprint density at radius 1 is 1.24 bits per heavy atom. The monoisotopic (exact) mass is 229 g/mol. The predicted molar refractivity (Wildman–Crippen MR) is 66.3 cm³/mol. The molecule has 0 radical (unpaired) electrons. The van der Waals surface area contributed by atoms with E-state index < -0.39 is 0 Å². The first-order valence-electron chi connectivity index (χ1n) is 5.38. The molecule has 0 aromatic carbocycles. The van der Waals surface area contributed by atoms with E-state index in [-0.39, 0.29) is 6.04 Å². The van der Waals surface area contributed by atoms with E-state index in [2.05, 4.69) is 20.3 Å². The molecule has 1 unspecified atom stereocenters. The van der Waals surface area contributed by atoms with Gasteiger partial charge in [-0.1, -0.05) is 0 Å². The van der Waals surface area contributed by atoms with Gasteiger partial charge in [0.2, 0.25) is 0 Å². The van der Waals surface area contributed by atoms with Gasteiger partial charge in [-0.3, -0.25) is 9.97 Å². The molecule has 17 heavy (non-hydrogen) atoms. The van der Waals surface area contributed by atoms with Crippen molar-refractivity contribution in [2.24, 2.45) is 0 Å². The van der Waals surface area contributed by atoms with E-state index in [4.69, 9.17) is 5.73 Å². The highest BCUT2D eigenvalue weighted by Crippen LogP contribution is 2.26. The van der Waals surface area contributed by atoms with Crippen LogP contribution in [-0.2, 0) is 0 Å². The summed E-state index contributed by atoms with van der Waals surface area (Å²) < 4.78 is 0. The van der Waals surface area contributed by atoms with E-state index in [0.29, 0.717) is 5.82 Å². The fourth-order valence-electron chi connectivity index (χ4n) is 1.87. The van der Waals surface area contributed by atoms with Crippen molar-refractivity contribution in [1.29, 1.82) is 0 Å². The summed E-state index contributed by atoms with van der Waals surface area (Å²) in [5.41, 5.74) is 8.81. The molecule has 2 heterocycles. The molecule has 0 saturated carbocycles. The Morgan fingerprint density at radius 3 is 2.65 bits per heavy atom. The maximum absolute atomic E-state index is 5.94. The average Bonchev–Trinajstić information content (AvgIpc) is 2.35. The molecule has 0 fully saturated rings. The predicted octanol–water partition coefficient (Wildman–Crippen LogP) is 1.07. The Balaban J connectivity index is 2.50. The minimum atomic E-state index is -0.0857. The molecule has 0 aliphatic heterocycles. The number of anilines is 1. The van der Waals surface area contributed by atoms with Gasteiger partial charge in [-0.2, -0.15) is 0 Å². The van der Waals surface area contributed by atoms with Crippen LogP contribution in [0.5, 0.6) is 0 Å². The summed E-state index contributed by atoms with van der Waals surface area (Å²) in [5, 5.41) is 3.19. The molecule has 5 nitrogen and oxygen atoms in total. The second-order valence-electron chi connectivity index (χ2n) is 3.78. The van der Waals surface area contributed by atoms with Crippen molar-refractivity contribution in [2.75, 3.05) is 12.8 Å². The number of hydrogen-bond acceptors (Lipinski definition) is 5. The highest BCUT2D eigenvalue weighted by atomic mass is 14.9. The first kappa shape index (κ1) is 11.5.